The summed E-state index contributed by atoms with van der Waals surface area (Å²) in [6.07, 6.45) is -0.238. The van der Waals surface area contributed by atoms with Gasteiger partial charge in [0, 0.05) is 17.8 Å². The predicted octanol–water partition coefficient (Wildman–Crippen LogP) is 0.0178. The minimum absolute atomic E-state index is 0.0664. The molecule has 14 heteroatoms. The molecule has 148 valence electrons. The van der Waals surface area contributed by atoms with Crippen LogP contribution in [-0.2, 0) is 26.2 Å². The van der Waals surface area contributed by atoms with Crippen LogP contribution in [0.15, 0.2) is 30.7 Å². The summed E-state index contributed by atoms with van der Waals surface area (Å²) < 4.78 is 67.5. The Kier molecular flexibility index (Phi) is 7.54. The molecule has 0 saturated heterocycles. The highest BCUT2D eigenvalue weighted by Gasteiger charge is 2.40. The minimum atomic E-state index is -4.85. The van der Waals surface area contributed by atoms with Gasteiger partial charge in [-0.15, -0.1) is 0 Å². The Labute approximate surface area is 151 Å². The average Bonchev–Trinajstić information content (AvgIpc) is 2.59. The van der Waals surface area contributed by atoms with E-state index in [4.69, 9.17) is 10.3 Å². The molecule has 0 aliphatic heterocycles. The van der Waals surface area contributed by atoms with E-state index in [9.17, 15) is 26.4 Å². The van der Waals surface area contributed by atoms with E-state index in [-0.39, 0.29) is 6.54 Å². The third-order valence-electron chi connectivity index (χ3n) is 2.70. The van der Waals surface area contributed by atoms with Crippen LogP contribution in [0.25, 0.3) is 11.4 Å². The molecule has 0 atom stereocenters. The van der Waals surface area contributed by atoms with Gasteiger partial charge in [-0.2, -0.15) is 21.6 Å². The molecule has 0 radical (unpaired) electrons. The van der Waals surface area contributed by atoms with Gasteiger partial charge in [0.05, 0.1) is 7.11 Å². The summed E-state index contributed by atoms with van der Waals surface area (Å²) in [5, 5.41) is 4.01. The van der Waals surface area contributed by atoms with E-state index < -0.39 is 28.0 Å². The number of hydrogen-bond acceptors (Lipinski definition) is 8. The third kappa shape index (κ3) is 8.37. The van der Waals surface area contributed by atoms with Gasteiger partial charge >= 0.3 is 12.1 Å². The normalized spacial score (nSPS) is 11.3. The topological polar surface area (TPSA) is 149 Å². The fourth-order valence-electron chi connectivity index (χ4n) is 1.49. The Morgan fingerprint density at radius 3 is 2.44 bits per heavy atom. The van der Waals surface area contributed by atoms with Crippen LogP contribution in [0, 0.1) is 0 Å². The zero-order valence-corrected chi connectivity index (χ0v) is 14.6. The standard InChI is InChI=1S/C10H11N5O3S.C3H3F3O2/c11-9-1-3-12-10(14-9)8-2-4-15(13-7-8)5-6-19(16,17)18;1-8-2(7)3(4,5)6/h1-4,7H,5-6H2,(H2-,11,12,14,16,17,18);1H3/p+1. The van der Waals surface area contributed by atoms with Gasteiger partial charge in [0.1, 0.15) is 17.8 Å². The lowest BCUT2D eigenvalue weighted by atomic mass is 10.3. The van der Waals surface area contributed by atoms with Crippen LogP contribution >= 0.6 is 0 Å². The highest BCUT2D eigenvalue weighted by atomic mass is 32.2. The predicted molar refractivity (Wildman–Crippen MR) is 84.4 cm³/mol. The maximum atomic E-state index is 11.0. The smallest absolute Gasteiger partial charge is 0.462 e. The number of anilines is 1. The van der Waals surface area contributed by atoms with Crippen LogP contribution < -0.4 is 10.4 Å². The molecule has 27 heavy (non-hydrogen) atoms. The van der Waals surface area contributed by atoms with E-state index in [1.807, 2.05) is 0 Å². The van der Waals surface area contributed by atoms with Gasteiger partial charge in [-0.3, -0.25) is 4.55 Å². The van der Waals surface area contributed by atoms with Crippen molar-refractivity contribution in [1.29, 1.82) is 0 Å². The number of halogens is 3. The SMILES string of the molecule is COC(=O)C(F)(F)F.Nc1ccnc(-c2cc[n+](CCS(=O)(=O)O)nc2)n1. The van der Waals surface area contributed by atoms with Crippen molar-refractivity contribution in [3.05, 3.63) is 30.7 Å². The quantitative estimate of drug-likeness (QED) is 0.404. The van der Waals surface area contributed by atoms with Crippen LogP contribution in [-0.4, -0.2) is 53.0 Å². The highest BCUT2D eigenvalue weighted by Crippen LogP contribution is 2.15. The number of ether oxygens (including phenoxy) is 1. The molecule has 0 amide bonds. The van der Waals surface area contributed by atoms with Gasteiger partial charge in [0.25, 0.3) is 10.1 Å². The van der Waals surface area contributed by atoms with Crippen LogP contribution in [0.5, 0.6) is 0 Å². The molecule has 0 aromatic carbocycles. The fourth-order valence-corrected chi connectivity index (χ4v) is 1.90. The number of nitrogens with two attached hydrogens (primary N) is 1. The number of rotatable bonds is 4. The Morgan fingerprint density at radius 1 is 1.37 bits per heavy atom. The molecular weight excluding hydrogens is 395 g/mol. The number of carbonyl (C=O) groups is 1. The fraction of sp³-hybridized carbons (Fsp3) is 0.308. The Bertz CT molecular complexity index is 875. The van der Waals surface area contributed by atoms with Crippen molar-refractivity contribution in [2.45, 2.75) is 12.7 Å². The van der Waals surface area contributed by atoms with Crippen LogP contribution in [0.2, 0.25) is 0 Å². The van der Waals surface area contributed by atoms with Crippen molar-refractivity contribution in [1.82, 2.24) is 15.1 Å². The summed E-state index contributed by atoms with van der Waals surface area (Å²) in [6, 6.07) is 3.26. The van der Waals surface area contributed by atoms with Crippen molar-refractivity contribution in [2.24, 2.45) is 0 Å². The number of nitrogen functional groups attached to an aromatic ring is 1. The molecule has 0 fully saturated rings. The number of alkyl halides is 3. The van der Waals surface area contributed by atoms with Crippen LogP contribution in [0.1, 0.15) is 0 Å². The summed E-state index contributed by atoms with van der Waals surface area (Å²) >= 11 is 0. The molecule has 0 bridgehead atoms. The molecule has 0 spiro atoms. The van der Waals surface area contributed by atoms with Gasteiger partial charge in [0.2, 0.25) is 0 Å². The van der Waals surface area contributed by atoms with Crippen molar-refractivity contribution >= 4 is 21.9 Å². The first-order valence-electron chi connectivity index (χ1n) is 6.97. The van der Waals surface area contributed by atoms with E-state index in [2.05, 4.69) is 19.8 Å². The van der Waals surface area contributed by atoms with Gasteiger partial charge < -0.3 is 10.5 Å². The minimum Gasteiger partial charge on any atom is -0.462 e. The molecule has 2 aromatic rings. The molecule has 0 unspecified atom stereocenters. The molecule has 0 saturated carbocycles. The lowest BCUT2D eigenvalue weighted by Gasteiger charge is -1.99. The molecule has 3 N–H and O–H groups in total. The largest absolute Gasteiger partial charge is 0.490 e. The second-order valence-electron chi connectivity index (χ2n) is 4.76. The zero-order valence-electron chi connectivity index (χ0n) is 13.8. The first-order chi connectivity index (χ1) is 12.4. The van der Waals surface area contributed by atoms with E-state index in [0.717, 1.165) is 0 Å². The van der Waals surface area contributed by atoms with E-state index >= 15 is 0 Å². The molecule has 10 nitrogen and oxygen atoms in total. The number of carbonyl (C=O) groups excluding carboxylic acids is 1. The van der Waals surface area contributed by atoms with E-state index in [0.29, 0.717) is 24.3 Å². The first-order valence-corrected chi connectivity index (χ1v) is 8.58. The summed E-state index contributed by atoms with van der Waals surface area (Å²) in [5.41, 5.74) is 6.21. The maximum Gasteiger partial charge on any atom is 0.490 e. The van der Waals surface area contributed by atoms with Gasteiger partial charge in [-0.25, -0.2) is 14.8 Å². The maximum absolute atomic E-state index is 11.0. The monoisotopic (exact) mass is 410 g/mol. The molecule has 0 aliphatic carbocycles. The van der Waals surface area contributed by atoms with Crippen LogP contribution in [0.3, 0.4) is 0 Å². The van der Waals surface area contributed by atoms with Crippen molar-refractivity contribution in [3.63, 3.8) is 0 Å². The average molecular weight is 410 g/mol. The summed E-state index contributed by atoms with van der Waals surface area (Å²) in [7, 11) is -3.32. The van der Waals surface area contributed by atoms with Crippen molar-refractivity contribution in [2.75, 3.05) is 18.6 Å². The van der Waals surface area contributed by atoms with Crippen LogP contribution in [0.4, 0.5) is 19.0 Å². The number of methoxy groups -OCH3 is 1. The number of esters is 1. The Morgan fingerprint density at radius 2 is 2.04 bits per heavy atom. The van der Waals surface area contributed by atoms with Crippen molar-refractivity contribution in [3.8, 4) is 11.4 Å². The summed E-state index contributed by atoms with van der Waals surface area (Å²) in [6.45, 7) is 0.0664. The van der Waals surface area contributed by atoms with Crippen molar-refractivity contribution < 1.29 is 40.4 Å². The highest BCUT2D eigenvalue weighted by molar-refractivity contribution is 7.85. The molecule has 0 aliphatic rings. The summed E-state index contributed by atoms with van der Waals surface area (Å²) in [4.78, 5) is 17.6. The second kappa shape index (κ2) is 9.18. The number of aromatic nitrogens is 4. The molecule has 2 rings (SSSR count). The number of hydrogen-bond donors (Lipinski definition) is 2. The number of aryl methyl sites for hydroxylation is 1. The van der Waals surface area contributed by atoms with Gasteiger partial charge in [-0.05, 0) is 11.2 Å². The van der Waals surface area contributed by atoms with Gasteiger partial charge in [0.15, 0.2) is 18.6 Å². The van der Waals surface area contributed by atoms with Gasteiger partial charge in [-0.1, -0.05) is 4.68 Å². The third-order valence-corrected chi connectivity index (χ3v) is 3.40. The first kappa shape index (κ1) is 22.2. The zero-order chi connectivity index (χ0) is 20.7. The summed E-state index contributed by atoms with van der Waals surface area (Å²) in [5.74, 6) is -1.77. The van der Waals surface area contributed by atoms with E-state index in [1.54, 1.807) is 18.3 Å². The lowest BCUT2D eigenvalue weighted by Crippen LogP contribution is -2.40. The molecule has 2 aromatic heterocycles. The second-order valence-corrected chi connectivity index (χ2v) is 6.33. The number of nitrogens with zero attached hydrogens (tertiary/aromatic N) is 4. The Balaban J connectivity index is 0.000000387. The van der Waals surface area contributed by atoms with E-state index in [1.165, 1.54) is 17.1 Å². The Hall–Kier alpha value is -2.87. The molecule has 2 heterocycles. The lowest BCUT2D eigenvalue weighted by molar-refractivity contribution is -0.750. The molecular formula is C13H15F3N5O5S+.